The summed E-state index contributed by atoms with van der Waals surface area (Å²) in [7, 11) is 1.64. The summed E-state index contributed by atoms with van der Waals surface area (Å²) >= 11 is 0. The summed E-state index contributed by atoms with van der Waals surface area (Å²) < 4.78 is 22.8. The average Bonchev–Trinajstić information content (AvgIpc) is 3.29. The summed E-state index contributed by atoms with van der Waals surface area (Å²) in [5.74, 6) is 1.29. The first-order valence-corrected chi connectivity index (χ1v) is 10.6. The Morgan fingerprint density at radius 1 is 1.17 bits per heavy atom. The molecule has 1 aromatic rings. The number of rotatable bonds is 3. The molecule has 0 N–H and O–H groups in total. The summed E-state index contributed by atoms with van der Waals surface area (Å²) in [6.07, 6.45) is 4.84. The first-order valence-electron chi connectivity index (χ1n) is 10.6. The van der Waals surface area contributed by atoms with E-state index < -0.39 is 5.79 Å². The van der Waals surface area contributed by atoms with E-state index in [4.69, 9.17) is 18.9 Å². The molecule has 2 saturated carbocycles. The molecule has 0 radical (unpaired) electrons. The molecule has 5 rings (SSSR count). The second-order valence-corrected chi connectivity index (χ2v) is 9.27. The van der Waals surface area contributed by atoms with Crippen molar-refractivity contribution in [1.29, 1.82) is 0 Å². The summed E-state index contributed by atoms with van der Waals surface area (Å²) in [6, 6.07) is 3.92. The third-order valence-electron chi connectivity index (χ3n) is 7.88. The zero-order chi connectivity index (χ0) is 20.6. The number of hydrogen-bond acceptors (Lipinski definition) is 6. The van der Waals surface area contributed by atoms with Crippen LogP contribution in [0, 0.1) is 17.3 Å². The Morgan fingerprint density at radius 2 is 1.97 bits per heavy atom. The summed E-state index contributed by atoms with van der Waals surface area (Å²) in [5.41, 5.74) is 2.23. The molecule has 0 spiro atoms. The highest BCUT2D eigenvalue weighted by Gasteiger charge is 2.79. The minimum absolute atomic E-state index is 0.0188. The first-order chi connectivity index (χ1) is 13.8. The van der Waals surface area contributed by atoms with E-state index in [9.17, 15) is 9.59 Å². The predicted octanol–water partition coefficient (Wildman–Crippen LogP) is 3.74. The number of carbonyl (C=O) groups excluding carboxylic acids is 2. The van der Waals surface area contributed by atoms with Gasteiger partial charge in [-0.3, -0.25) is 9.59 Å². The minimum atomic E-state index is -0.729. The molecule has 4 aliphatic rings. The van der Waals surface area contributed by atoms with Gasteiger partial charge in [0.1, 0.15) is 17.6 Å². The Morgan fingerprint density at radius 3 is 2.66 bits per heavy atom. The number of hydrogen-bond donors (Lipinski definition) is 0. The zero-order valence-corrected chi connectivity index (χ0v) is 17.4. The fourth-order valence-corrected chi connectivity index (χ4v) is 6.73. The van der Waals surface area contributed by atoms with Crippen molar-refractivity contribution in [1.82, 2.24) is 0 Å². The smallest absolute Gasteiger partial charge is 0.308 e. The number of methoxy groups -OCH3 is 1. The minimum Gasteiger partial charge on any atom is -0.497 e. The maximum atomic E-state index is 11.8. The number of benzene rings is 1. The van der Waals surface area contributed by atoms with Gasteiger partial charge in [0.25, 0.3) is 0 Å². The quantitative estimate of drug-likeness (QED) is 0.437. The lowest BCUT2D eigenvalue weighted by Gasteiger charge is -2.51. The Hall–Kier alpha value is -2.08. The molecule has 1 heterocycles. The van der Waals surface area contributed by atoms with Crippen LogP contribution in [0.2, 0.25) is 0 Å². The number of epoxide rings is 1. The molecule has 6 heteroatoms. The van der Waals surface area contributed by atoms with Gasteiger partial charge in [-0.15, -0.1) is 0 Å². The van der Waals surface area contributed by atoms with Gasteiger partial charge in [-0.25, -0.2) is 0 Å². The van der Waals surface area contributed by atoms with Crippen molar-refractivity contribution in [3.05, 3.63) is 23.3 Å². The van der Waals surface area contributed by atoms with Crippen LogP contribution in [0.1, 0.15) is 63.5 Å². The molecule has 156 valence electrons. The van der Waals surface area contributed by atoms with Crippen LogP contribution in [0.15, 0.2) is 12.1 Å². The van der Waals surface area contributed by atoms with Crippen LogP contribution >= 0.6 is 0 Å². The predicted molar refractivity (Wildman–Crippen MR) is 104 cm³/mol. The molecule has 0 aromatic heterocycles. The number of ether oxygens (including phenoxy) is 4. The van der Waals surface area contributed by atoms with Gasteiger partial charge in [0, 0.05) is 30.9 Å². The van der Waals surface area contributed by atoms with Gasteiger partial charge in [-0.1, -0.05) is 6.92 Å². The lowest BCUT2D eigenvalue weighted by molar-refractivity contribution is -0.185. The fraction of sp³-hybridized carbons (Fsp3) is 0.652. The number of aryl methyl sites for hydroxylation is 1. The van der Waals surface area contributed by atoms with Crippen LogP contribution in [0.3, 0.4) is 0 Å². The van der Waals surface area contributed by atoms with E-state index in [-0.39, 0.29) is 23.5 Å². The second kappa shape index (κ2) is 6.21. The van der Waals surface area contributed by atoms with E-state index in [0.29, 0.717) is 23.5 Å². The zero-order valence-electron chi connectivity index (χ0n) is 17.4. The maximum absolute atomic E-state index is 11.8. The van der Waals surface area contributed by atoms with Crippen LogP contribution in [-0.4, -0.2) is 30.9 Å². The van der Waals surface area contributed by atoms with E-state index in [1.54, 1.807) is 7.11 Å². The van der Waals surface area contributed by atoms with Crippen molar-refractivity contribution >= 4 is 11.9 Å². The Bertz CT molecular complexity index is 894. The van der Waals surface area contributed by atoms with Crippen LogP contribution in [0.4, 0.5) is 0 Å². The van der Waals surface area contributed by atoms with Crippen molar-refractivity contribution < 1.29 is 28.5 Å². The number of fused-ring (bicyclic) bond motifs is 7. The van der Waals surface area contributed by atoms with Gasteiger partial charge in [-0.05, 0) is 61.5 Å². The molecule has 6 atom stereocenters. The molecule has 1 aliphatic heterocycles. The standard InChI is InChI=1S/C23H28O6/c1-12(24)27-19-10-15(26-4)9-14-5-6-16-17(21(14)19)7-8-22(3)18(16)11-20-23(22,29-20)28-13(2)25/h9-10,16-18,20H,5-8,11H2,1-4H3/t16-,17+,18+,20-,22+,23+/m1/s1. The van der Waals surface area contributed by atoms with Crippen molar-refractivity contribution in [2.45, 2.75) is 70.7 Å². The van der Waals surface area contributed by atoms with Crippen molar-refractivity contribution in [2.24, 2.45) is 17.3 Å². The van der Waals surface area contributed by atoms with E-state index in [0.717, 1.165) is 37.9 Å². The maximum Gasteiger partial charge on any atom is 0.308 e. The first kappa shape index (κ1) is 18.9. The number of carbonyl (C=O) groups is 2. The SMILES string of the molecule is COc1cc2c(c(OC(C)=O)c1)[C@H]1CC[C@@]3(C)[C@@H](C[C@H]4O[C@@]43OC(C)=O)[C@@H]1CC2. The highest BCUT2D eigenvalue weighted by atomic mass is 16.8. The van der Waals surface area contributed by atoms with Gasteiger partial charge in [-0.2, -0.15) is 0 Å². The van der Waals surface area contributed by atoms with E-state index >= 15 is 0 Å². The number of esters is 2. The topological polar surface area (TPSA) is 74.4 Å². The van der Waals surface area contributed by atoms with Gasteiger partial charge in [0.2, 0.25) is 5.79 Å². The van der Waals surface area contributed by atoms with E-state index in [2.05, 4.69) is 13.0 Å². The van der Waals surface area contributed by atoms with Gasteiger partial charge < -0.3 is 18.9 Å². The highest BCUT2D eigenvalue weighted by Crippen LogP contribution is 2.72. The molecular weight excluding hydrogens is 372 g/mol. The Labute approximate surface area is 170 Å². The van der Waals surface area contributed by atoms with E-state index in [1.807, 2.05) is 6.07 Å². The Kier molecular flexibility index (Phi) is 4.05. The summed E-state index contributed by atoms with van der Waals surface area (Å²) in [5, 5.41) is 0. The summed E-state index contributed by atoms with van der Waals surface area (Å²) in [6.45, 7) is 5.14. The van der Waals surface area contributed by atoms with Crippen LogP contribution < -0.4 is 9.47 Å². The fourth-order valence-electron chi connectivity index (χ4n) is 6.73. The monoisotopic (exact) mass is 400 g/mol. The summed E-state index contributed by atoms with van der Waals surface area (Å²) in [4.78, 5) is 23.5. The molecule has 1 saturated heterocycles. The molecular formula is C23H28O6. The van der Waals surface area contributed by atoms with Crippen LogP contribution in [0.25, 0.3) is 0 Å². The van der Waals surface area contributed by atoms with Gasteiger partial charge in [0.15, 0.2) is 0 Å². The van der Waals surface area contributed by atoms with Crippen LogP contribution in [-0.2, 0) is 25.5 Å². The van der Waals surface area contributed by atoms with Crippen molar-refractivity contribution in [3.63, 3.8) is 0 Å². The van der Waals surface area contributed by atoms with Crippen molar-refractivity contribution in [3.8, 4) is 11.5 Å². The normalized spacial score (nSPS) is 38.8. The molecule has 0 bridgehead atoms. The lowest BCUT2D eigenvalue weighted by Crippen LogP contribution is -2.48. The molecule has 3 fully saturated rings. The third kappa shape index (κ3) is 2.57. The molecule has 0 unspecified atom stereocenters. The van der Waals surface area contributed by atoms with Crippen LogP contribution in [0.5, 0.6) is 11.5 Å². The molecule has 0 amide bonds. The highest BCUT2D eigenvalue weighted by molar-refractivity contribution is 5.71. The third-order valence-corrected chi connectivity index (χ3v) is 7.88. The molecule has 1 aromatic carbocycles. The molecule has 29 heavy (non-hydrogen) atoms. The average molecular weight is 400 g/mol. The van der Waals surface area contributed by atoms with Gasteiger partial charge in [0.05, 0.1) is 7.11 Å². The van der Waals surface area contributed by atoms with Crippen molar-refractivity contribution in [2.75, 3.05) is 7.11 Å². The second-order valence-electron chi connectivity index (χ2n) is 9.27. The Balaban J connectivity index is 1.52. The lowest BCUT2D eigenvalue weighted by atomic mass is 9.55. The molecule has 6 nitrogen and oxygen atoms in total. The van der Waals surface area contributed by atoms with E-state index in [1.165, 1.54) is 25.0 Å². The largest absolute Gasteiger partial charge is 0.497 e. The molecule has 3 aliphatic carbocycles. The van der Waals surface area contributed by atoms with Gasteiger partial charge >= 0.3 is 11.9 Å².